The number of hydrogen-bond acceptors (Lipinski definition) is 3. The van der Waals surface area contributed by atoms with Crippen LogP contribution in [0.5, 0.6) is 0 Å². The maximum absolute atomic E-state index is 7.49. The lowest BCUT2D eigenvalue weighted by atomic mass is 10.0. The highest BCUT2D eigenvalue weighted by atomic mass is 16.5. The molecule has 0 amide bonds. The molecule has 1 aliphatic rings. The van der Waals surface area contributed by atoms with Crippen LogP contribution in [0.15, 0.2) is 0 Å². The summed E-state index contributed by atoms with van der Waals surface area (Å²) in [6.07, 6.45) is 3.97. The molecule has 0 radical (unpaired) electrons. The van der Waals surface area contributed by atoms with Gasteiger partial charge in [0.15, 0.2) is 0 Å². The Morgan fingerprint density at radius 3 is 2.46 bits per heavy atom. The lowest BCUT2D eigenvalue weighted by Gasteiger charge is -2.27. The van der Waals surface area contributed by atoms with E-state index in [1.54, 1.807) is 7.11 Å². The second kappa shape index (κ2) is 4.58. The Bertz CT molecular complexity index is 176. The van der Waals surface area contributed by atoms with Crippen molar-refractivity contribution >= 4 is 5.84 Å². The molecule has 0 aromatic rings. The topological polar surface area (TPSA) is 68.3 Å². The van der Waals surface area contributed by atoms with Crippen molar-refractivity contribution < 1.29 is 9.47 Å². The van der Waals surface area contributed by atoms with Gasteiger partial charge < -0.3 is 15.2 Å². The van der Waals surface area contributed by atoms with E-state index >= 15 is 0 Å². The van der Waals surface area contributed by atoms with Gasteiger partial charge in [0.25, 0.3) is 0 Å². The van der Waals surface area contributed by atoms with E-state index in [4.69, 9.17) is 20.6 Å². The van der Waals surface area contributed by atoms with Gasteiger partial charge in [0.1, 0.15) is 11.4 Å². The fraction of sp³-hybridized carbons (Fsp3) is 0.889. The van der Waals surface area contributed by atoms with Crippen molar-refractivity contribution in [3.8, 4) is 0 Å². The zero-order valence-corrected chi connectivity index (χ0v) is 8.14. The van der Waals surface area contributed by atoms with E-state index in [9.17, 15) is 0 Å². The third-order valence-electron chi connectivity index (χ3n) is 2.57. The van der Waals surface area contributed by atoms with E-state index in [1.165, 1.54) is 0 Å². The predicted molar refractivity (Wildman–Crippen MR) is 50.9 cm³/mol. The maximum Gasteiger partial charge on any atom is 0.124 e. The van der Waals surface area contributed by atoms with Gasteiger partial charge in [-0.1, -0.05) is 0 Å². The van der Waals surface area contributed by atoms with Gasteiger partial charge in [-0.05, 0) is 25.7 Å². The molecule has 0 bridgehead atoms. The van der Waals surface area contributed by atoms with Crippen LogP contribution in [0.1, 0.15) is 25.7 Å². The van der Waals surface area contributed by atoms with Crippen LogP contribution in [0.25, 0.3) is 0 Å². The number of amidine groups is 1. The normalized spacial score (nSPS) is 20.4. The second-order valence-electron chi connectivity index (χ2n) is 3.46. The van der Waals surface area contributed by atoms with Crippen LogP contribution in [-0.4, -0.2) is 31.8 Å². The number of ether oxygens (including phenoxy) is 2. The summed E-state index contributed by atoms with van der Waals surface area (Å²) in [4.78, 5) is 0. The maximum atomic E-state index is 7.49. The molecule has 76 valence electrons. The minimum Gasteiger partial charge on any atom is -0.385 e. The minimum absolute atomic E-state index is 0.168. The number of rotatable bonds is 5. The fourth-order valence-corrected chi connectivity index (χ4v) is 1.76. The molecule has 0 aliphatic heterocycles. The molecule has 1 fully saturated rings. The standard InChI is InChI=1S/C9H18N2O2/c1-12-6-7-13-9(8(10)11)4-2-3-5-9/h2-7H2,1H3,(H3,10,11). The second-order valence-corrected chi connectivity index (χ2v) is 3.46. The van der Waals surface area contributed by atoms with Crippen molar-refractivity contribution in [2.75, 3.05) is 20.3 Å². The van der Waals surface area contributed by atoms with E-state index in [0.29, 0.717) is 13.2 Å². The van der Waals surface area contributed by atoms with Gasteiger partial charge in [-0.2, -0.15) is 0 Å². The van der Waals surface area contributed by atoms with E-state index in [-0.39, 0.29) is 5.84 Å². The largest absolute Gasteiger partial charge is 0.385 e. The third-order valence-corrected chi connectivity index (χ3v) is 2.57. The summed E-state index contributed by atoms with van der Waals surface area (Å²) in [6.45, 7) is 1.09. The Labute approximate surface area is 78.9 Å². The molecule has 4 heteroatoms. The van der Waals surface area contributed by atoms with Crippen molar-refractivity contribution in [1.29, 1.82) is 5.41 Å². The Morgan fingerprint density at radius 2 is 2.00 bits per heavy atom. The molecule has 4 nitrogen and oxygen atoms in total. The van der Waals surface area contributed by atoms with Gasteiger partial charge in [0, 0.05) is 7.11 Å². The van der Waals surface area contributed by atoms with Crippen LogP contribution < -0.4 is 5.73 Å². The van der Waals surface area contributed by atoms with Crippen LogP contribution in [0.4, 0.5) is 0 Å². The fourth-order valence-electron chi connectivity index (χ4n) is 1.76. The molecular weight excluding hydrogens is 168 g/mol. The first-order valence-corrected chi connectivity index (χ1v) is 4.69. The van der Waals surface area contributed by atoms with Gasteiger partial charge in [-0.15, -0.1) is 0 Å². The summed E-state index contributed by atoms with van der Waals surface area (Å²) in [6, 6.07) is 0. The molecule has 0 heterocycles. The van der Waals surface area contributed by atoms with Gasteiger partial charge in [-0.3, -0.25) is 5.41 Å². The number of hydrogen-bond donors (Lipinski definition) is 2. The molecule has 1 rings (SSSR count). The minimum atomic E-state index is -0.474. The van der Waals surface area contributed by atoms with Gasteiger partial charge in [0.2, 0.25) is 0 Å². The molecule has 1 saturated carbocycles. The molecular formula is C9H18N2O2. The lowest BCUT2D eigenvalue weighted by Crippen LogP contribution is -2.44. The molecule has 0 saturated heterocycles. The molecule has 3 N–H and O–H groups in total. The molecule has 13 heavy (non-hydrogen) atoms. The Morgan fingerprint density at radius 1 is 1.38 bits per heavy atom. The predicted octanol–water partition coefficient (Wildman–Crippen LogP) is 0.898. The Kier molecular flexibility index (Phi) is 3.69. The highest BCUT2D eigenvalue weighted by Crippen LogP contribution is 2.32. The molecule has 0 unspecified atom stereocenters. The lowest BCUT2D eigenvalue weighted by molar-refractivity contribution is -0.0156. The van der Waals surface area contributed by atoms with E-state index in [2.05, 4.69) is 0 Å². The summed E-state index contributed by atoms with van der Waals surface area (Å²) in [7, 11) is 1.64. The van der Waals surface area contributed by atoms with Gasteiger partial charge in [0.05, 0.1) is 13.2 Å². The molecule has 0 spiro atoms. The highest BCUT2D eigenvalue weighted by molar-refractivity contribution is 5.86. The quantitative estimate of drug-likeness (QED) is 0.381. The zero-order valence-electron chi connectivity index (χ0n) is 8.14. The number of methoxy groups -OCH3 is 1. The third kappa shape index (κ3) is 2.42. The first-order valence-electron chi connectivity index (χ1n) is 4.69. The number of nitrogens with one attached hydrogen (secondary N) is 1. The first kappa shape index (κ1) is 10.5. The van der Waals surface area contributed by atoms with Crippen molar-refractivity contribution in [2.24, 2.45) is 5.73 Å². The van der Waals surface area contributed by atoms with Crippen LogP contribution in [0.3, 0.4) is 0 Å². The monoisotopic (exact) mass is 186 g/mol. The molecule has 0 aromatic heterocycles. The van der Waals surface area contributed by atoms with Crippen molar-refractivity contribution in [3.05, 3.63) is 0 Å². The summed E-state index contributed by atoms with van der Waals surface area (Å²) >= 11 is 0. The highest BCUT2D eigenvalue weighted by Gasteiger charge is 2.37. The average Bonchev–Trinajstić information content (AvgIpc) is 2.55. The summed E-state index contributed by atoms with van der Waals surface area (Å²) in [5, 5.41) is 7.49. The summed E-state index contributed by atoms with van der Waals surface area (Å²) in [5.41, 5.74) is 5.06. The Hall–Kier alpha value is -0.610. The van der Waals surface area contributed by atoms with E-state index < -0.39 is 5.60 Å². The Balaban J connectivity index is 2.43. The van der Waals surface area contributed by atoms with Crippen LogP contribution in [-0.2, 0) is 9.47 Å². The van der Waals surface area contributed by atoms with Crippen molar-refractivity contribution in [2.45, 2.75) is 31.3 Å². The average molecular weight is 186 g/mol. The first-order chi connectivity index (χ1) is 6.21. The van der Waals surface area contributed by atoms with Crippen molar-refractivity contribution in [3.63, 3.8) is 0 Å². The SMILES string of the molecule is COCCOC1(C(=N)N)CCCC1. The van der Waals surface area contributed by atoms with Crippen LogP contribution in [0.2, 0.25) is 0 Å². The van der Waals surface area contributed by atoms with Gasteiger partial charge >= 0.3 is 0 Å². The van der Waals surface area contributed by atoms with Crippen LogP contribution >= 0.6 is 0 Å². The van der Waals surface area contributed by atoms with E-state index in [0.717, 1.165) is 25.7 Å². The smallest absolute Gasteiger partial charge is 0.124 e. The van der Waals surface area contributed by atoms with Crippen LogP contribution in [0, 0.1) is 5.41 Å². The number of nitrogens with two attached hydrogens (primary N) is 1. The zero-order chi connectivity index (χ0) is 9.73. The molecule has 1 aliphatic carbocycles. The van der Waals surface area contributed by atoms with Gasteiger partial charge in [-0.25, -0.2) is 0 Å². The summed E-state index contributed by atoms with van der Waals surface area (Å²) < 4.78 is 10.5. The summed E-state index contributed by atoms with van der Waals surface area (Å²) in [5.74, 6) is 0.168. The van der Waals surface area contributed by atoms with E-state index in [1.807, 2.05) is 0 Å². The molecule has 0 aromatic carbocycles. The molecule has 0 atom stereocenters. The van der Waals surface area contributed by atoms with Crippen molar-refractivity contribution in [1.82, 2.24) is 0 Å².